The van der Waals surface area contributed by atoms with Crippen molar-refractivity contribution < 1.29 is 9.90 Å². The molecule has 1 amide bonds. The van der Waals surface area contributed by atoms with Crippen LogP contribution in [0.15, 0.2) is 47.0 Å². The lowest BCUT2D eigenvalue weighted by atomic mass is 10.2. The highest BCUT2D eigenvalue weighted by Crippen LogP contribution is 2.20. The van der Waals surface area contributed by atoms with Gasteiger partial charge in [-0.15, -0.1) is 0 Å². The van der Waals surface area contributed by atoms with Gasteiger partial charge in [-0.05, 0) is 6.08 Å². The number of carbonyl (C=O) groups is 1. The average molecular weight is 262 g/mol. The van der Waals surface area contributed by atoms with Gasteiger partial charge in [-0.2, -0.15) is 0 Å². The van der Waals surface area contributed by atoms with Gasteiger partial charge in [0.1, 0.15) is 17.6 Å². The predicted octanol–water partition coefficient (Wildman–Crippen LogP) is -0.101. The highest BCUT2D eigenvalue weighted by Gasteiger charge is 2.27. The summed E-state index contributed by atoms with van der Waals surface area (Å²) in [7, 11) is 0. The maximum atomic E-state index is 11.8. The second kappa shape index (κ2) is 4.89. The molecule has 0 aliphatic carbocycles. The van der Waals surface area contributed by atoms with Crippen molar-refractivity contribution >= 4 is 11.6 Å². The molecule has 1 aromatic heterocycles. The first-order valence-corrected chi connectivity index (χ1v) is 5.60. The van der Waals surface area contributed by atoms with E-state index >= 15 is 0 Å². The molecule has 0 saturated heterocycles. The summed E-state index contributed by atoms with van der Waals surface area (Å²) in [6, 6.07) is 1.36. The standard InChI is InChI=1S/C12H14N4O3/c1-7(17)15-12-11(13)10(19)3-5-16(12)8-6-14-4-2-9(8)18/h2-6,12,19H,13H2,1H3,(H,14,18)(H,15,17). The number of aliphatic hydroxyl groups excluding tert-OH is 1. The summed E-state index contributed by atoms with van der Waals surface area (Å²) in [5, 5.41) is 12.2. The first kappa shape index (κ1) is 12.7. The smallest absolute Gasteiger partial charge is 0.218 e. The SMILES string of the molecule is CC(=O)NC1C(N)=C(O)C=CN1c1c[nH]ccc1=O. The molecule has 1 atom stereocenters. The Bertz CT molecular complexity index is 617. The van der Waals surface area contributed by atoms with E-state index in [4.69, 9.17) is 5.73 Å². The van der Waals surface area contributed by atoms with Gasteiger partial charge >= 0.3 is 0 Å². The van der Waals surface area contributed by atoms with Crippen LogP contribution in [0.1, 0.15) is 6.92 Å². The molecular weight excluding hydrogens is 248 g/mol. The molecule has 0 fully saturated rings. The molecule has 2 rings (SSSR count). The van der Waals surface area contributed by atoms with Crippen molar-refractivity contribution in [2.45, 2.75) is 13.1 Å². The maximum absolute atomic E-state index is 11.8. The third kappa shape index (κ3) is 2.44. The van der Waals surface area contributed by atoms with Crippen molar-refractivity contribution in [3.05, 3.63) is 52.4 Å². The third-order valence-electron chi connectivity index (χ3n) is 2.68. The molecule has 7 nitrogen and oxygen atoms in total. The Morgan fingerprint density at radius 1 is 1.58 bits per heavy atom. The van der Waals surface area contributed by atoms with Crippen LogP contribution in [-0.4, -0.2) is 22.2 Å². The number of amides is 1. The number of pyridine rings is 1. The minimum atomic E-state index is -0.800. The van der Waals surface area contributed by atoms with Gasteiger partial charge in [-0.25, -0.2) is 0 Å². The Labute approximate surface area is 109 Å². The number of rotatable bonds is 2. The molecule has 2 heterocycles. The summed E-state index contributed by atoms with van der Waals surface area (Å²) < 4.78 is 0. The summed E-state index contributed by atoms with van der Waals surface area (Å²) in [5.41, 5.74) is 5.91. The zero-order chi connectivity index (χ0) is 14.0. The normalized spacial score (nSPS) is 18.6. The molecule has 5 N–H and O–H groups in total. The highest BCUT2D eigenvalue weighted by molar-refractivity contribution is 5.74. The van der Waals surface area contributed by atoms with Crippen molar-refractivity contribution in [1.29, 1.82) is 0 Å². The van der Waals surface area contributed by atoms with Crippen molar-refractivity contribution in [2.24, 2.45) is 5.73 Å². The number of allylic oxidation sites excluding steroid dienone is 1. The second-order valence-corrected chi connectivity index (χ2v) is 4.06. The number of carbonyl (C=O) groups excluding carboxylic acids is 1. The van der Waals surface area contributed by atoms with Crippen LogP contribution in [0, 0.1) is 0 Å². The number of aromatic nitrogens is 1. The molecule has 0 aromatic carbocycles. The molecule has 100 valence electrons. The summed E-state index contributed by atoms with van der Waals surface area (Å²) in [4.78, 5) is 27.3. The Morgan fingerprint density at radius 2 is 2.32 bits per heavy atom. The first-order valence-electron chi connectivity index (χ1n) is 5.60. The molecule has 1 unspecified atom stereocenters. The number of nitrogens with one attached hydrogen (secondary N) is 2. The lowest BCUT2D eigenvalue weighted by molar-refractivity contribution is -0.119. The lowest BCUT2D eigenvalue weighted by Crippen LogP contribution is -2.51. The third-order valence-corrected chi connectivity index (χ3v) is 2.68. The number of aliphatic hydroxyl groups is 1. The van der Waals surface area contributed by atoms with E-state index < -0.39 is 6.17 Å². The number of nitrogens with two attached hydrogens (primary N) is 1. The van der Waals surface area contributed by atoms with E-state index in [-0.39, 0.29) is 22.8 Å². The van der Waals surface area contributed by atoms with Gasteiger partial charge in [-0.3, -0.25) is 9.59 Å². The van der Waals surface area contributed by atoms with Crippen LogP contribution < -0.4 is 21.4 Å². The molecule has 19 heavy (non-hydrogen) atoms. The van der Waals surface area contributed by atoms with Crippen LogP contribution in [-0.2, 0) is 4.79 Å². The quantitative estimate of drug-likeness (QED) is 0.594. The molecule has 1 aromatic rings. The van der Waals surface area contributed by atoms with Gasteiger partial charge in [0, 0.05) is 31.6 Å². The summed E-state index contributed by atoms with van der Waals surface area (Å²) in [5.74, 6) is -0.462. The molecule has 0 spiro atoms. The van der Waals surface area contributed by atoms with E-state index in [1.54, 1.807) is 0 Å². The summed E-state index contributed by atoms with van der Waals surface area (Å²) in [6.07, 6.45) is 5.04. The monoisotopic (exact) mass is 262 g/mol. The number of nitrogens with zero attached hydrogens (tertiary/aromatic N) is 1. The van der Waals surface area contributed by atoms with E-state index in [1.165, 1.54) is 42.6 Å². The largest absolute Gasteiger partial charge is 0.506 e. The second-order valence-electron chi connectivity index (χ2n) is 4.06. The molecule has 1 aliphatic heterocycles. The molecule has 0 bridgehead atoms. The van der Waals surface area contributed by atoms with Crippen molar-refractivity contribution in [3.8, 4) is 0 Å². The van der Waals surface area contributed by atoms with Crippen molar-refractivity contribution in [3.63, 3.8) is 0 Å². The van der Waals surface area contributed by atoms with Crippen LogP contribution in [0.5, 0.6) is 0 Å². The molecule has 1 aliphatic rings. The fourth-order valence-corrected chi connectivity index (χ4v) is 1.79. The Balaban J connectivity index is 2.45. The number of H-pyrrole nitrogens is 1. The fourth-order valence-electron chi connectivity index (χ4n) is 1.79. The Morgan fingerprint density at radius 3 is 2.95 bits per heavy atom. The van der Waals surface area contributed by atoms with Gasteiger partial charge in [0.25, 0.3) is 0 Å². The van der Waals surface area contributed by atoms with Crippen molar-refractivity contribution in [1.82, 2.24) is 10.3 Å². The van der Waals surface area contributed by atoms with Crippen molar-refractivity contribution in [2.75, 3.05) is 4.90 Å². The van der Waals surface area contributed by atoms with Gasteiger partial charge in [0.2, 0.25) is 11.3 Å². The van der Waals surface area contributed by atoms with E-state index in [2.05, 4.69) is 10.3 Å². The maximum Gasteiger partial charge on any atom is 0.218 e. The van der Waals surface area contributed by atoms with Crippen LogP contribution >= 0.6 is 0 Å². The summed E-state index contributed by atoms with van der Waals surface area (Å²) in [6.45, 7) is 1.33. The minimum Gasteiger partial charge on any atom is -0.506 e. The zero-order valence-corrected chi connectivity index (χ0v) is 10.3. The van der Waals surface area contributed by atoms with Gasteiger partial charge < -0.3 is 26.0 Å². The van der Waals surface area contributed by atoms with Crippen LogP contribution in [0.3, 0.4) is 0 Å². The number of hydrogen-bond donors (Lipinski definition) is 4. The van der Waals surface area contributed by atoms with E-state index in [9.17, 15) is 14.7 Å². The number of aromatic amines is 1. The average Bonchev–Trinajstić information content (AvgIpc) is 2.36. The minimum absolute atomic E-state index is 0.0703. The number of anilines is 1. The number of hydrogen-bond acceptors (Lipinski definition) is 5. The topological polar surface area (TPSA) is 111 Å². The molecule has 7 heteroatoms. The predicted molar refractivity (Wildman–Crippen MR) is 70.1 cm³/mol. The zero-order valence-electron chi connectivity index (χ0n) is 10.3. The fraction of sp³-hybridized carbons (Fsp3) is 0.167. The molecular formula is C12H14N4O3. The van der Waals surface area contributed by atoms with Crippen LogP contribution in [0.4, 0.5) is 5.69 Å². The first-order chi connectivity index (χ1) is 9.00. The van der Waals surface area contributed by atoms with Gasteiger partial charge in [-0.1, -0.05) is 0 Å². The summed E-state index contributed by atoms with van der Waals surface area (Å²) >= 11 is 0. The van der Waals surface area contributed by atoms with Crippen LogP contribution in [0.25, 0.3) is 0 Å². The van der Waals surface area contributed by atoms with E-state index in [1.807, 2.05) is 0 Å². The Kier molecular flexibility index (Phi) is 3.28. The Hall–Kier alpha value is -2.70. The molecule has 0 saturated carbocycles. The van der Waals surface area contributed by atoms with Gasteiger partial charge in [0.15, 0.2) is 0 Å². The highest BCUT2D eigenvalue weighted by atomic mass is 16.3. The molecule has 0 radical (unpaired) electrons. The van der Waals surface area contributed by atoms with Gasteiger partial charge in [0.05, 0.1) is 5.70 Å². The van der Waals surface area contributed by atoms with E-state index in [0.717, 1.165) is 0 Å². The van der Waals surface area contributed by atoms with Crippen LogP contribution in [0.2, 0.25) is 0 Å². The van der Waals surface area contributed by atoms with E-state index in [0.29, 0.717) is 5.69 Å². The lowest BCUT2D eigenvalue weighted by Gasteiger charge is -2.33.